The molecule has 0 amide bonds. The van der Waals surface area contributed by atoms with Crippen molar-refractivity contribution >= 4 is 5.69 Å². The molecule has 0 aliphatic carbocycles. The topological polar surface area (TPSA) is 24.9 Å². The van der Waals surface area contributed by atoms with Gasteiger partial charge in [-0.05, 0) is 6.07 Å². The van der Waals surface area contributed by atoms with Gasteiger partial charge in [0.2, 0.25) is 0 Å². The van der Waals surface area contributed by atoms with E-state index in [1.54, 1.807) is 13.0 Å². The molecule has 1 aromatic heterocycles. The smallest absolute Gasteiger partial charge is 0.274 e. The Morgan fingerprint density at radius 2 is 2.18 bits per heavy atom. The van der Waals surface area contributed by atoms with E-state index in [1.165, 1.54) is 6.20 Å². The Morgan fingerprint density at radius 1 is 1.47 bits per heavy atom. The van der Waals surface area contributed by atoms with Crippen molar-refractivity contribution in [2.45, 2.75) is 45.0 Å². The fourth-order valence-corrected chi connectivity index (χ4v) is 2.20. The number of alkyl halides is 2. The number of pyridine rings is 1. The van der Waals surface area contributed by atoms with Crippen molar-refractivity contribution in [2.24, 2.45) is 0 Å². The highest BCUT2D eigenvalue weighted by Gasteiger charge is 2.35. The Kier molecular flexibility index (Phi) is 2.84. The first-order chi connectivity index (χ1) is 7.87. The standard InChI is InChI=1S/C13H18F2N2/c1-4-5-13(14,15)9-6-10-11(16-7-9)12(2,3)8-17-10/h6-7,17H,4-5,8H2,1-3H3. The number of aromatic nitrogens is 1. The van der Waals surface area contributed by atoms with Crippen molar-refractivity contribution in [3.05, 3.63) is 23.5 Å². The van der Waals surface area contributed by atoms with E-state index < -0.39 is 5.92 Å². The number of anilines is 1. The number of rotatable bonds is 3. The quantitative estimate of drug-likeness (QED) is 0.871. The third-order valence-corrected chi connectivity index (χ3v) is 3.24. The van der Waals surface area contributed by atoms with Crippen LogP contribution in [0.15, 0.2) is 12.3 Å². The van der Waals surface area contributed by atoms with Gasteiger partial charge in [-0.1, -0.05) is 27.2 Å². The van der Waals surface area contributed by atoms with Gasteiger partial charge in [0.25, 0.3) is 5.92 Å². The molecular formula is C13H18F2N2. The number of nitrogens with zero attached hydrogens (tertiary/aromatic N) is 1. The molecule has 0 saturated heterocycles. The van der Waals surface area contributed by atoms with Gasteiger partial charge >= 0.3 is 0 Å². The van der Waals surface area contributed by atoms with Gasteiger partial charge in [0, 0.05) is 30.1 Å². The first-order valence-corrected chi connectivity index (χ1v) is 5.99. The highest BCUT2D eigenvalue weighted by molar-refractivity contribution is 5.58. The van der Waals surface area contributed by atoms with Crippen molar-refractivity contribution in [1.82, 2.24) is 4.98 Å². The van der Waals surface area contributed by atoms with Crippen molar-refractivity contribution in [2.75, 3.05) is 11.9 Å². The SMILES string of the molecule is CCCC(F)(F)c1cnc2c(c1)NCC2(C)C. The van der Waals surface area contributed by atoms with Crippen LogP contribution in [0.3, 0.4) is 0 Å². The van der Waals surface area contributed by atoms with E-state index in [0.717, 1.165) is 17.9 Å². The lowest BCUT2D eigenvalue weighted by molar-refractivity contribution is -0.0143. The molecule has 0 spiro atoms. The van der Waals surface area contributed by atoms with Crippen LogP contribution in [0.1, 0.15) is 44.9 Å². The Hall–Kier alpha value is -1.19. The number of halogens is 2. The molecule has 2 nitrogen and oxygen atoms in total. The highest BCUT2D eigenvalue weighted by atomic mass is 19.3. The van der Waals surface area contributed by atoms with Gasteiger partial charge in [-0.25, -0.2) is 8.78 Å². The molecule has 1 aliphatic heterocycles. The lowest BCUT2D eigenvalue weighted by Crippen LogP contribution is -2.20. The predicted octanol–water partition coefficient (Wildman–Crippen LogP) is 3.68. The number of nitrogens with one attached hydrogen (secondary N) is 1. The van der Waals surface area contributed by atoms with Gasteiger partial charge in [0.05, 0.1) is 11.4 Å². The Morgan fingerprint density at radius 3 is 2.82 bits per heavy atom. The lowest BCUT2D eigenvalue weighted by Gasteiger charge is -2.18. The van der Waals surface area contributed by atoms with E-state index in [0.29, 0.717) is 6.42 Å². The van der Waals surface area contributed by atoms with Gasteiger partial charge in [-0.2, -0.15) is 0 Å². The van der Waals surface area contributed by atoms with Crippen LogP contribution in [0, 0.1) is 0 Å². The molecule has 2 rings (SSSR count). The predicted molar refractivity (Wildman–Crippen MR) is 64.6 cm³/mol. The zero-order chi connectivity index (χ0) is 12.7. The Balaban J connectivity index is 2.36. The molecular weight excluding hydrogens is 222 g/mol. The number of hydrogen-bond acceptors (Lipinski definition) is 2. The average Bonchev–Trinajstić information content (AvgIpc) is 2.55. The van der Waals surface area contributed by atoms with Crippen LogP contribution in [0.25, 0.3) is 0 Å². The summed E-state index contributed by atoms with van der Waals surface area (Å²) >= 11 is 0. The third-order valence-electron chi connectivity index (χ3n) is 3.24. The Labute approximate surface area is 100 Å². The molecule has 0 fully saturated rings. The first kappa shape index (κ1) is 12.3. The summed E-state index contributed by atoms with van der Waals surface area (Å²) in [6.45, 7) is 6.62. The van der Waals surface area contributed by atoms with Crippen LogP contribution in [0.2, 0.25) is 0 Å². The maximum Gasteiger partial charge on any atom is 0.274 e. The van der Waals surface area contributed by atoms with Gasteiger partial charge in [0.15, 0.2) is 0 Å². The molecule has 17 heavy (non-hydrogen) atoms. The fraction of sp³-hybridized carbons (Fsp3) is 0.615. The molecule has 4 heteroatoms. The van der Waals surface area contributed by atoms with Gasteiger partial charge < -0.3 is 5.32 Å². The summed E-state index contributed by atoms with van der Waals surface area (Å²) in [6.07, 6.45) is 1.66. The molecule has 0 bridgehead atoms. The van der Waals surface area contributed by atoms with E-state index in [1.807, 2.05) is 0 Å². The normalized spacial score (nSPS) is 17.7. The Bertz CT molecular complexity index is 427. The van der Waals surface area contributed by atoms with Crippen molar-refractivity contribution < 1.29 is 8.78 Å². The molecule has 0 saturated carbocycles. The molecule has 0 aromatic carbocycles. The van der Waals surface area contributed by atoms with Crippen molar-refractivity contribution in [1.29, 1.82) is 0 Å². The molecule has 0 radical (unpaired) electrons. The van der Waals surface area contributed by atoms with E-state index in [2.05, 4.69) is 24.1 Å². The molecule has 0 atom stereocenters. The second kappa shape index (κ2) is 3.93. The minimum atomic E-state index is -2.77. The zero-order valence-corrected chi connectivity index (χ0v) is 10.5. The zero-order valence-electron chi connectivity index (χ0n) is 10.5. The average molecular weight is 240 g/mol. The summed E-state index contributed by atoms with van der Waals surface area (Å²) in [7, 11) is 0. The van der Waals surface area contributed by atoms with Crippen LogP contribution < -0.4 is 5.32 Å². The minimum absolute atomic E-state index is 0.0169. The molecule has 1 N–H and O–H groups in total. The number of hydrogen-bond donors (Lipinski definition) is 1. The monoisotopic (exact) mass is 240 g/mol. The summed E-state index contributed by atoms with van der Waals surface area (Å²) in [5.74, 6) is -2.77. The largest absolute Gasteiger partial charge is 0.383 e. The summed E-state index contributed by atoms with van der Waals surface area (Å²) in [6, 6.07) is 1.55. The fourth-order valence-electron chi connectivity index (χ4n) is 2.20. The van der Waals surface area contributed by atoms with Crippen LogP contribution in [0.5, 0.6) is 0 Å². The van der Waals surface area contributed by atoms with E-state index in [9.17, 15) is 8.78 Å². The van der Waals surface area contributed by atoms with Crippen LogP contribution in [-0.2, 0) is 11.3 Å². The number of fused-ring (bicyclic) bond motifs is 1. The van der Waals surface area contributed by atoms with Gasteiger partial charge in [0.1, 0.15) is 0 Å². The second-order valence-electron chi connectivity index (χ2n) is 5.31. The van der Waals surface area contributed by atoms with Gasteiger partial charge in [-0.3, -0.25) is 4.98 Å². The second-order valence-corrected chi connectivity index (χ2v) is 5.31. The first-order valence-electron chi connectivity index (χ1n) is 5.99. The minimum Gasteiger partial charge on any atom is -0.383 e. The molecule has 94 valence electrons. The summed E-state index contributed by atoms with van der Waals surface area (Å²) < 4.78 is 27.5. The maximum atomic E-state index is 13.7. The molecule has 0 unspecified atom stereocenters. The third kappa shape index (κ3) is 2.13. The van der Waals surface area contributed by atoms with Crippen molar-refractivity contribution in [3.8, 4) is 0 Å². The van der Waals surface area contributed by atoms with Crippen LogP contribution >= 0.6 is 0 Å². The lowest BCUT2D eigenvalue weighted by atomic mass is 9.91. The molecule has 2 heterocycles. The summed E-state index contributed by atoms with van der Waals surface area (Å²) in [5.41, 5.74) is 1.58. The van der Waals surface area contributed by atoms with E-state index in [4.69, 9.17) is 0 Å². The van der Waals surface area contributed by atoms with Crippen LogP contribution in [0.4, 0.5) is 14.5 Å². The summed E-state index contributed by atoms with van der Waals surface area (Å²) in [5, 5.41) is 3.15. The molecule has 1 aromatic rings. The maximum absolute atomic E-state index is 13.7. The van der Waals surface area contributed by atoms with E-state index in [-0.39, 0.29) is 17.4 Å². The van der Waals surface area contributed by atoms with Crippen molar-refractivity contribution in [3.63, 3.8) is 0 Å². The van der Waals surface area contributed by atoms with Gasteiger partial charge in [-0.15, -0.1) is 0 Å². The van der Waals surface area contributed by atoms with E-state index >= 15 is 0 Å². The molecule has 1 aliphatic rings. The summed E-state index contributed by atoms with van der Waals surface area (Å²) in [4.78, 5) is 4.22. The van der Waals surface area contributed by atoms with Crippen LogP contribution in [-0.4, -0.2) is 11.5 Å². The highest BCUT2D eigenvalue weighted by Crippen LogP contribution is 2.39.